The molecular weight excluding hydrogens is 216 g/mol. The van der Waals surface area contributed by atoms with Crippen LogP contribution in [0.15, 0.2) is 12.3 Å². The fourth-order valence-electron chi connectivity index (χ4n) is 2.22. The van der Waals surface area contributed by atoms with E-state index in [1.165, 1.54) is 0 Å². The van der Waals surface area contributed by atoms with Crippen LogP contribution in [0.5, 0.6) is 0 Å². The van der Waals surface area contributed by atoms with Gasteiger partial charge in [-0.15, -0.1) is 0 Å². The maximum Gasteiger partial charge on any atom is 0.194 e. The summed E-state index contributed by atoms with van der Waals surface area (Å²) < 4.78 is 1.75. The Bertz CT molecular complexity index is 380. The van der Waals surface area contributed by atoms with Crippen LogP contribution < -0.4 is 5.73 Å². The number of hydrogen-bond acceptors (Lipinski definition) is 4. The molecule has 5 nitrogen and oxygen atoms in total. The molecule has 2 heterocycles. The quantitative estimate of drug-likeness (QED) is 0.774. The molecule has 1 aliphatic rings. The summed E-state index contributed by atoms with van der Waals surface area (Å²) >= 11 is 0. The summed E-state index contributed by atoms with van der Waals surface area (Å²) in [4.78, 5) is 14.3. The van der Waals surface area contributed by atoms with E-state index in [0.29, 0.717) is 18.3 Å². The molecule has 0 aliphatic carbocycles. The van der Waals surface area contributed by atoms with Crippen molar-refractivity contribution in [3.8, 4) is 0 Å². The molecular formula is C12H20N4O. The van der Waals surface area contributed by atoms with Crippen LogP contribution in [0.1, 0.15) is 30.3 Å². The average molecular weight is 236 g/mol. The molecule has 17 heavy (non-hydrogen) atoms. The number of likely N-dealkylation sites (tertiary alicyclic amines) is 1. The summed E-state index contributed by atoms with van der Waals surface area (Å²) in [6.07, 6.45) is 3.66. The topological polar surface area (TPSA) is 64.2 Å². The molecule has 5 heteroatoms. The fraction of sp³-hybridized carbons (Fsp3) is 0.667. The molecule has 0 aromatic carbocycles. The molecule has 2 N–H and O–H groups in total. The van der Waals surface area contributed by atoms with E-state index < -0.39 is 0 Å². The highest BCUT2D eigenvalue weighted by Gasteiger charge is 2.20. The van der Waals surface area contributed by atoms with Crippen LogP contribution in [0.25, 0.3) is 0 Å². The zero-order chi connectivity index (χ0) is 12.3. The van der Waals surface area contributed by atoms with E-state index in [1.807, 2.05) is 6.92 Å². The number of rotatable bonds is 4. The number of ketones is 1. The van der Waals surface area contributed by atoms with Gasteiger partial charge in [0.15, 0.2) is 5.78 Å². The van der Waals surface area contributed by atoms with Crippen molar-refractivity contribution < 1.29 is 4.79 Å². The average Bonchev–Trinajstić information content (AvgIpc) is 2.80. The second-order valence-electron chi connectivity index (χ2n) is 4.57. The Hall–Kier alpha value is -1.20. The normalized spacial score (nSPS) is 18.5. The Balaban J connectivity index is 1.93. The van der Waals surface area contributed by atoms with Crippen molar-refractivity contribution in [3.05, 3.63) is 18.0 Å². The Morgan fingerprint density at radius 1 is 1.53 bits per heavy atom. The number of aromatic nitrogens is 2. The number of nitrogens with zero attached hydrogens (tertiary/aromatic N) is 3. The van der Waals surface area contributed by atoms with Gasteiger partial charge in [-0.05, 0) is 25.8 Å². The second-order valence-corrected chi connectivity index (χ2v) is 4.57. The van der Waals surface area contributed by atoms with E-state index in [0.717, 1.165) is 32.5 Å². The zero-order valence-corrected chi connectivity index (χ0v) is 10.3. The number of hydrogen-bond donors (Lipinski definition) is 1. The fourth-order valence-corrected chi connectivity index (χ4v) is 2.22. The number of carbonyl (C=O) groups excluding carboxylic acids is 1. The number of nitrogens with two attached hydrogens (primary N) is 1. The van der Waals surface area contributed by atoms with E-state index >= 15 is 0 Å². The summed E-state index contributed by atoms with van der Waals surface area (Å²) in [7, 11) is 0. The molecule has 0 saturated carbocycles. The van der Waals surface area contributed by atoms with Gasteiger partial charge < -0.3 is 5.73 Å². The van der Waals surface area contributed by atoms with Crippen molar-refractivity contribution in [1.82, 2.24) is 14.7 Å². The molecule has 2 rings (SSSR count). The van der Waals surface area contributed by atoms with E-state index in [4.69, 9.17) is 5.73 Å². The van der Waals surface area contributed by atoms with Gasteiger partial charge in [0.1, 0.15) is 5.69 Å². The van der Waals surface area contributed by atoms with Gasteiger partial charge >= 0.3 is 0 Å². The largest absolute Gasteiger partial charge is 0.328 e. The lowest BCUT2D eigenvalue weighted by Gasteiger charge is -2.29. The minimum atomic E-state index is 0.153. The monoisotopic (exact) mass is 236 g/mol. The van der Waals surface area contributed by atoms with Crippen molar-refractivity contribution in [2.24, 2.45) is 5.73 Å². The summed E-state index contributed by atoms with van der Waals surface area (Å²) in [6.45, 7) is 5.06. The lowest BCUT2D eigenvalue weighted by Crippen LogP contribution is -2.42. The van der Waals surface area contributed by atoms with Gasteiger partial charge in [0.05, 0.1) is 6.54 Å². The van der Waals surface area contributed by atoms with Crippen LogP contribution in [-0.2, 0) is 6.54 Å². The predicted octanol–water partition coefficient (Wildman–Crippen LogP) is 0.509. The molecule has 1 fully saturated rings. The predicted molar refractivity (Wildman–Crippen MR) is 65.9 cm³/mol. The molecule has 0 atom stereocenters. The standard InChI is InChI=1S/C12H20N4O/c1-2-16-11(3-6-14-16)12(17)9-15-7-4-10(13)5-8-15/h3,6,10H,2,4-5,7-9,13H2,1H3. The van der Waals surface area contributed by atoms with Crippen LogP contribution in [0, 0.1) is 0 Å². The minimum absolute atomic E-state index is 0.153. The third-order valence-corrected chi connectivity index (χ3v) is 3.30. The molecule has 0 bridgehead atoms. The molecule has 0 unspecified atom stereocenters. The Kier molecular flexibility index (Phi) is 3.91. The number of Topliss-reactive ketones (excluding diaryl/α,β-unsaturated/α-hetero) is 1. The van der Waals surface area contributed by atoms with Crippen molar-refractivity contribution in [2.75, 3.05) is 19.6 Å². The highest BCUT2D eigenvalue weighted by atomic mass is 16.1. The van der Waals surface area contributed by atoms with Gasteiger partial charge in [-0.1, -0.05) is 0 Å². The molecule has 94 valence electrons. The van der Waals surface area contributed by atoms with Gasteiger partial charge in [-0.3, -0.25) is 14.4 Å². The van der Waals surface area contributed by atoms with Crippen molar-refractivity contribution in [3.63, 3.8) is 0 Å². The first-order valence-corrected chi connectivity index (χ1v) is 6.23. The molecule has 0 radical (unpaired) electrons. The lowest BCUT2D eigenvalue weighted by atomic mass is 10.1. The van der Waals surface area contributed by atoms with Gasteiger partial charge in [-0.25, -0.2) is 0 Å². The summed E-state index contributed by atoms with van der Waals surface area (Å²) in [5.41, 5.74) is 6.55. The highest BCUT2D eigenvalue weighted by molar-refractivity contribution is 5.96. The van der Waals surface area contributed by atoms with E-state index in [1.54, 1.807) is 16.9 Å². The van der Waals surface area contributed by atoms with Gasteiger partial charge in [-0.2, -0.15) is 5.10 Å². The Morgan fingerprint density at radius 2 is 2.24 bits per heavy atom. The second kappa shape index (κ2) is 5.42. The zero-order valence-electron chi connectivity index (χ0n) is 10.3. The first-order chi connectivity index (χ1) is 8.20. The molecule has 1 aromatic rings. The van der Waals surface area contributed by atoms with Crippen LogP contribution in [0.4, 0.5) is 0 Å². The van der Waals surface area contributed by atoms with E-state index in [-0.39, 0.29) is 5.78 Å². The molecule has 1 aliphatic heterocycles. The van der Waals surface area contributed by atoms with E-state index in [9.17, 15) is 4.79 Å². The number of aryl methyl sites for hydroxylation is 1. The third kappa shape index (κ3) is 2.92. The highest BCUT2D eigenvalue weighted by Crippen LogP contribution is 2.09. The minimum Gasteiger partial charge on any atom is -0.328 e. The van der Waals surface area contributed by atoms with E-state index in [2.05, 4.69) is 10.00 Å². The van der Waals surface area contributed by atoms with Crippen molar-refractivity contribution in [1.29, 1.82) is 0 Å². The molecule has 0 spiro atoms. The van der Waals surface area contributed by atoms with Crippen LogP contribution in [0.3, 0.4) is 0 Å². The van der Waals surface area contributed by atoms with Crippen LogP contribution in [0.2, 0.25) is 0 Å². The number of carbonyl (C=O) groups is 1. The van der Waals surface area contributed by atoms with Crippen LogP contribution >= 0.6 is 0 Å². The smallest absolute Gasteiger partial charge is 0.194 e. The first-order valence-electron chi connectivity index (χ1n) is 6.23. The summed E-state index contributed by atoms with van der Waals surface area (Å²) in [6, 6.07) is 2.10. The lowest BCUT2D eigenvalue weighted by molar-refractivity contribution is 0.0899. The van der Waals surface area contributed by atoms with Crippen LogP contribution in [-0.4, -0.2) is 46.1 Å². The van der Waals surface area contributed by atoms with Gasteiger partial charge in [0, 0.05) is 31.9 Å². The molecule has 0 amide bonds. The number of piperidine rings is 1. The Morgan fingerprint density at radius 3 is 2.88 bits per heavy atom. The van der Waals surface area contributed by atoms with Crippen molar-refractivity contribution in [2.45, 2.75) is 32.4 Å². The Labute approximate surface area is 102 Å². The van der Waals surface area contributed by atoms with Crippen molar-refractivity contribution >= 4 is 5.78 Å². The van der Waals surface area contributed by atoms with Gasteiger partial charge in [0.25, 0.3) is 0 Å². The maximum atomic E-state index is 12.1. The molecule has 1 saturated heterocycles. The third-order valence-electron chi connectivity index (χ3n) is 3.30. The summed E-state index contributed by atoms with van der Waals surface area (Å²) in [5, 5.41) is 4.12. The van der Waals surface area contributed by atoms with Gasteiger partial charge in [0.2, 0.25) is 0 Å². The first kappa shape index (κ1) is 12.3. The summed E-state index contributed by atoms with van der Waals surface area (Å²) in [5.74, 6) is 0.153. The maximum absolute atomic E-state index is 12.1. The molecule has 1 aromatic heterocycles. The SMILES string of the molecule is CCn1nccc1C(=O)CN1CCC(N)CC1.